The van der Waals surface area contributed by atoms with Crippen molar-refractivity contribution < 1.29 is 0 Å². The van der Waals surface area contributed by atoms with E-state index in [1.54, 1.807) is 6.07 Å². The summed E-state index contributed by atoms with van der Waals surface area (Å²) in [6, 6.07) is 11.7. The highest BCUT2D eigenvalue weighted by molar-refractivity contribution is 5.86. The normalized spacial score (nSPS) is 11.2. The molecule has 0 aliphatic carbocycles. The van der Waals surface area contributed by atoms with Crippen LogP contribution in [0.25, 0.3) is 10.9 Å². The highest BCUT2D eigenvalue weighted by Gasteiger charge is 2.12. The Morgan fingerprint density at radius 1 is 1.24 bits per heavy atom. The summed E-state index contributed by atoms with van der Waals surface area (Å²) in [5, 5.41) is 13.3. The number of aromatic nitrogens is 1. The molecule has 2 rings (SSSR count). The topological polar surface area (TPSA) is 48.7 Å². The fourth-order valence-corrected chi connectivity index (χ4v) is 1.72. The number of rotatable bonds is 1. The molecule has 17 heavy (non-hydrogen) atoms. The number of hydrogen-bond donors (Lipinski definition) is 1. The molecule has 0 saturated carbocycles. The predicted molar refractivity (Wildman–Crippen MR) is 69.8 cm³/mol. The Labute approximate surface area is 101 Å². The highest BCUT2D eigenvalue weighted by Crippen LogP contribution is 2.21. The SMILES string of the molecule is CC(C)(C)Nc1cc(C#N)c2ccccc2n1. The number of pyridine rings is 1. The Bertz CT molecular complexity index is 588. The molecule has 1 heterocycles. The molecule has 0 radical (unpaired) electrons. The molecule has 0 aliphatic heterocycles. The van der Waals surface area contributed by atoms with E-state index in [1.807, 2.05) is 24.3 Å². The second kappa shape index (κ2) is 4.06. The Morgan fingerprint density at radius 3 is 2.59 bits per heavy atom. The van der Waals surface area contributed by atoms with Crippen LogP contribution >= 0.6 is 0 Å². The smallest absolute Gasteiger partial charge is 0.128 e. The number of anilines is 1. The van der Waals surface area contributed by atoms with Crippen LogP contribution < -0.4 is 5.32 Å². The minimum atomic E-state index is -0.0673. The molecule has 0 aliphatic rings. The fourth-order valence-electron chi connectivity index (χ4n) is 1.72. The van der Waals surface area contributed by atoms with E-state index in [9.17, 15) is 0 Å². The van der Waals surface area contributed by atoms with Gasteiger partial charge in [0.1, 0.15) is 5.82 Å². The standard InChI is InChI=1S/C14H15N3/c1-14(2,3)17-13-8-10(9-15)11-6-4-5-7-12(11)16-13/h4-8H,1-3H3,(H,16,17). The summed E-state index contributed by atoms with van der Waals surface area (Å²) in [5.41, 5.74) is 1.43. The first kappa shape index (κ1) is 11.4. The van der Waals surface area contributed by atoms with E-state index >= 15 is 0 Å². The lowest BCUT2D eigenvalue weighted by Crippen LogP contribution is -2.26. The largest absolute Gasteiger partial charge is 0.365 e. The van der Waals surface area contributed by atoms with Gasteiger partial charge in [0, 0.05) is 10.9 Å². The van der Waals surface area contributed by atoms with Gasteiger partial charge in [-0.15, -0.1) is 0 Å². The summed E-state index contributed by atoms with van der Waals surface area (Å²) in [7, 11) is 0. The zero-order valence-electron chi connectivity index (χ0n) is 10.3. The van der Waals surface area contributed by atoms with Crippen LogP contribution in [-0.4, -0.2) is 10.5 Å². The van der Waals surface area contributed by atoms with Crippen molar-refractivity contribution in [2.45, 2.75) is 26.3 Å². The Morgan fingerprint density at radius 2 is 1.94 bits per heavy atom. The minimum absolute atomic E-state index is 0.0673. The average molecular weight is 225 g/mol. The molecule has 0 saturated heterocycles. The zero-order chi connectivity index (χ0) is 12.5. The Kier molecular flexibility index (Phi) is 2.72. The molecule has 2 aromatic rings. The number of para-hydroxylation sites is 1. The Hall–Kier alpha value is -2.08. The van der Waals surface area contributed by atoms with Crippen molar-refractivity contribution in [1.29, 1.82) is 5.26 Å². The maximum absolute atomic E-state index is 9.15. The van der Waals surface area contributed by atoms with E-state index in [-0.39, 0.29) is 5.54 Å². The van der Waals surface area contributed by atoms with Gasteiger partial charge in [-0.25, -0.2) is 4.98 Å². The molecule has 1 N–H and O–H groups in total. The van der Waals surface area contributed by atoms with Gasteiger partial charge < -0.3 is 5.32 Å². The highest BCUT2D eigenvalue weighted by atomic mass is 15.0. The number of nitrogens with one attached hydrogen (secondary N) is 1. The van der Waals surface area contributed by atoms with E-state index < -0.39 is 0 Å². The number of fused-ring (bicyclic) bond motifs is 1. The first-order chi connectivity index (χ1) is 7.99. The van der Waals surface area contributed by atoms with Gasteiger partial charge in [0.05, 0.1) is 17.1 Å². The summed E-state index contributed by atoms with van der Waals surface area (Å²) >= 11 is 0. The third-order valence-electron chi connectivity index (χ3n) is 2.34. The van der Waals surface area contributed by atoms with Gasteiger partial charge in [0.25, 0.3) is 0 Å². The summed E-state index contributed by atoms with van der Waals surface area (Å²) in [4.78, 5) is 4.51. The summed E-state index contributed by atoms with van der Waals surface area (Å²) in [6.45, 7) is 6.20. The first-order valence-corrected chi connectivity index (χ1v) is 5.58. The average Bonchev–Trinajstić information content (AvgIpc) is 2.25. The number of nitrogens with zero attached hydrogens (tertiary/aromatic N) is 2. The zero-order valence-corrected chi connectivity index (χ0v) is 10.3. The summed E-state index contributed by atoms with van der Waals surface area (Å²) in [5.74, 6) is 0.743. The van der Waals surface area contributed by atoms with Crippen molar-refractivity contribution in [1.82, 2.24) is 4.98 Å². The monoisotopic (exact) mass is 225 g/mol. The molecule has 0 spiro atoms. The van der Waals surface area contributed by atoms with Gasteiger partial charge in [-0.3, -0.25) is 0 Å². The second-order valence-corrected chi connectivity index (χ2v) is 5.06. The predicted octanol–water partition coefficient (Wildman–Crippen LogP) is 3.32. The summed E-state index contributed by atoms with van der Waals surface area (Å²) in [6.07, 6.45) is 0. The first-order valence-electron chi connectivity index (χ1n) is 5.58. The van der Waals surface area contributed by atoms with Crippen LogP contribution in [-0.2, 0) is 0 Å². The van der Waals surface area contributed by atoms with Crippen LogP contribution in [0.3, 0.4) is 0 Å². The maximum Gasteiger partial charge on any atom is 0.128 e. The van der Waals surface area contributed by atoms with E-state index in [2.05, 4.69) is 37.1 Å². The Balaban J connectivity index is 2.58. The van der Waals surface area contributed by atoms with E-state index in [0.29, 0.717) is 5.56 Å². The minimum Gasteiger partial charge on any atom is -0.365 e. The molecule has 0 amide bonds. The molecule has 0 bridgehead atoms. The lowest BCUT2D eigenvalue weighted by Gasteiger charge is -2.21. The van der Waals surface area contributed by atoms with Crippen LogP contribution in [0.4, 0.5) is 5.82 Å². The number of hydrogen-bond acceptors (Lipinski definition) is 3. The molecule has 1 aromatic heterocycles. The van der Waals surface area contributed by atoms with Crippen molar-refractivity contribution >= 4 is 16.7 Å². The van der Waals surface area contributed by atoms with E-state index in [0.717, 1.165) is 16.7 Å². The van der Waals surface area contributed by atoms with Gasteiger partial charge in [0.15, 0.2) is 0 Å². The summed E-state index contributed by atoms with van der Waals surface area (Å²) < 4.78 is 0. The second-order valence-electron chi connectivity index (χ2n) is 5.06. The van der Waals surface area contributed by atoms with E-state index in [1.165, 1.54) is 0 Å². The fraction of sp³-hybridized carbons (Fsp3) is 0.286. The quantitative estimate of drug-likeness (QED) is 0.810. The molecule has 3 heteroatoms. The third kappa shape index (κ3) is 2.54. The van der Waals surface area contributed by atoms with Crippen molar-refractivity contribution in [2.75, 3.05) is 5.32 Å². The van der Waals surface area contributed by atoms with E-state index in [4.69, 9.17) is 5.26 Å². The molecule has 3 nitrogen and oxygen atoms in total. The van der Waals surface area contributed by atoms with Crippen LogP contribution in [0.5, 0.6) is 0 Å². The van der Waals surface area contributed by atoms with Crippen molar-refractivity contribution in [3.8, 4) is 6.07 Å². The van der Waals surface area contributed by atoms with Crippen LogP contribution in [0, 0.1) is 11.3 Å². The van der Waals surface area contributed by atoms with Crippen LogP contribution in [0.15, 0.2) is 30.3 Å². The van der Waals surface area contributed by atoms with Gasteiger partial charge in [-0.1, -0.05) is 18.2 Å². The lowest BCUT2D eigenvalue weighted by atomic mass is 10.1. The maximum atomic E-state index is 9.15. The molecule has 86 valence electrons. The molecule has 1 aromatic carbocycles. The van der Waals surface area contributed by atoms with Crippen LogP contribution in [0.1, 0.15) is 26.3 Å². The van der Waals surface area contributed by atoms with Gasteiger partial charge in [-0.2, -0.15) is 5.26 Å². The number of nitriles is 1. The molecular formula is C14H15N3. The molecule has 0 unspecified atom stereocenters. The van der Waals surface area contributed by atoms with Gasteiger partial charge in [-0.05, 0) is 32.9 Å². The lowest BCUT2D eigenvalue weighted by molar-refractivity contribution is 0.631. The van der Waals surface area contributed by atoms with Crippen LogP contribution in [0.2, 0.25) is 0 Å². The van der Waals surface area contributed by atoms with Crippen molar-refractivity contribution in [2.24, 2.45) is 0 Å². The van der Waals surface area contributed by atoms with Gasteiger partial charge in [0.2, 0.25) is 0 Å². The van der Waals surface area contributed by atoms with Crippen molar-refractivity contribution in [3.63, 3.8) is 0 Å². The number of benzene rings is 1. The molecule has 0 fully saturated rings. The van der Waals surface area contributed by atoms with Gasteiger partial charge >= 0.3 is 0 Å². The molecule has 0 atom stereocenters. The third-order valence-corrected chi connectivity index (χ3v) is 2.34. The van der Waals surface area contributed by atoms with Crippen molar-refractivity contribution in [3.05, 3.63) is 35.9 Å². The molecular weight excluding hydrogens is 210 g/mol.